The third kappa shape index (κ3) is 1.96. The molecule has 0 atom stereocenters. The molecular formula is C15H17NO2. The number of hydrogen-bond acceptors (Lipinski definition) is 2. The third-order valence-corrected chi connectivity index (χ3v) is 3.26. The first kappa shape index (κ1) is 12.6. The molecular weight excluding hydrogens is 226 g/mol. The number of carbonyl (C=O) groups is 2. The summed E-state index contributed by atoms with van der Waals surface area (Å²) < 4.78 is 0. The van der Waals surface area contributed by atoms with E-state index in [2.05, 4.69) is 12.2 Å². The molecule has 0 radical (unpaired) electrons. The van der Waals surface area contributed by atoms with E-state index in [9.17, 15) is 9.59 Å². The average molecular weight is 243 g/mol. The van der Waals surface area contributed by atoms with Gasteiger partial charge in [0.05, 0.1) is 5.57 Å². The Bertz CT molecular complexity index is 529. The topological polar surface area (TPSA) is 46.2 Å². The Balaban J connectivity index is 2.50. The number of nitrogens with one attached hydrogen (secondary N) is 1. The van der Waals surface area contributed by atoms with Gasteiger partial charge in [-0.15, -0.1) is 0 Å². The standard InChI is InChI=1S/C15H17NO2/c1-3-4-7-11-10-8-5-6-9-12(10)14(17)13(11)15(18)16-2/h5-6,8-9H,3-4,7H2,1-2H3,(H,16,18). The number of likely N-dealkylation sites (N-methyl/N-ethyl adjacent to an activating group) is 1. The Hall–Kier alpha value is -1.90. The molecule has 3 nitrogen and oxygen atoms in total. The van der Waals surface area contributed by atoms with Gasteiger partial charge in [-0.2, -0.15) is 0 Å². The van der Waals surface area contributed by atoms with Gasteiger partial charge < -0.3 is 5.32 Å². The molecule has 3 heteroatoms. The second-order valence-electron chi connectivity index (χ2n) is 4.41. The molecule has 2 rings (SSSR count). The summed E-state index contributed by atoms with van der Waals surface area (Å²) >= 11 is 0. The molecule has 1 aromatic carbocycles. The van der Waals surface area contributed by atoms with Crippen molar-refractivity contribution in [3.8, 4) is 0 Å². The van der Waals surface area contributed by atoms with Gasteiger partial charge in [-0.3, -0.25) is 9.59 Å². The van der Waals surface area contributed by atoms with Crippen molar-refractivity contribution >= 4 is 17.3 Å². The quantitative estimate of drug-likeness (QED) is 0.826. The summed E-state index contributed by atoms with van der Waals surface area (Å²) in [5.74, 6) is -0.418. The molecule has 94 valence electrons. The molecule has 1 aliphatic rings. The zero-order valence-corrected chi connectivity index (χ0v) is 10.7. The Morgan fingerprint density at radius 1 is 1.22 bits per heavy atom. The fraction of sp³-hybridized carbons (Fsp3) is 0.333. The highest BCUT2D eigenvalue weighted by atomic mass is 16.2. The number of unbranched alkanes of at least 4 members (excludes halogenated alkanes) is 1. The monoisotopic (exact) mass is 243 g/mol. The van der Waals surface area contributed by atoms with Crippen molar-refractivity contribution < 1.29 is 9.59 Å². The van der Waals surface area contributed by atoms with E-state index in [1.807, 2.05) is 18.2 Å². The van der Waals surface area contributed by atoms with E-state index in [0.29, 0.717) is 11.1 Å². The molecule has 0 aliphatic heterocycles. The number of fused-ring (bicyclic) bond motifs is 1. The zero-order chi connectivity index (χ0) is 13.1. The Morgan fingerprint density at radius 3 is 2.50 bits per heavy atom. The number of amides is 1. The van der Waals surface area contributed by atoms with Crippen LogP contribution in [0.4, 0.5) is 0 Å². The number of Topliss-reactive ketones (excluding diaryl/α,β-unsaturated/α-hetero) is 1. The Morgan fingerprint density at radius 2 is 1.89 bits per heavy atom. The molecule has 0 fully saturated rings. The van der Waals surface area contributed by atoms with Gasteiger partial charge in [0.1, 0.15) is 0 Å². The smallest absolute Gasteiger partial charge is 0.255 e. The minimum Gasteiger partial charge on any atom is -0.355 e. The van der Waals surface area contributed by atoms with Gasteiger partial charge >= 0.3 is 0 Å². The molecule has 0 aromatic heterocycles. The van der Waals surface area contributed by atoms with Crippen molar-refractivity contribution in [1.82, 2.24) is 5.32 Å². The lowest BCUT2D eigenvalue weighted by Gasteiger charge is -2.05. The Kier molecular flexibility index (Phi) is 3.60. The van der Waals surface area contributed by atoms with Crippen molar-refractivity contribution in [2.45, 2.75) is 26.2 Å². The number of ketones is 1. The zero-order valence-electron chi connectivity index (χ0n) is 10.7. The minimum atomic E-state index is -0.276. The first-order valence-corrected chi connectivity index (χ1v) is 6.30. The van der Waals surface area contributed by atoms with Gasteiger partial charge in [-0.25, -0.2) is 0 Å². The summed E-state index contributed by atoms with van der Waals surface area (Å²) in [5, 5.41) is 2.56. The number of carbonyl (C=O) groups excluding carboxylic acids is 2. The summed E-state index contributed by atoms with van der Waals surface area (Å²) in [4.78, 5) is 24.1. The normalized spacial score (nSPS) is 13.8. The summed E-state index contributed by atoms with van der Waals surface area (Å²) in [6, 6.07) is 7.46. The van der Waals surface area contributed by atoms with Crippen LogP contribution in [0.25, 0.3) is 5.57 Å². The van der Waals surface area contributed by atoms with Crippen molar-refractivity contribution in [2.75, 3.05) is 7.05 Å². The van der Waals surface area contributed by atoms with Crippen molar-refractivity contribution in [1.29, 1.82) is 0 Å². The van der Waals surface area contributed by atoms with Crippen molar-refractivity contribution in [3.63, 3.8) is 0 Å². The van der Waals surface area contributed by atoms with E-state index in [0.717, 1.165) is 30.4 Å². The molecule has 0 saturated heterocycles. The molecule has 1 aliphatic carbocycles. The van der Waals surface area contributed by atoms with Crippen LogP contribution in [0.1, 0.15) is 42.1 Å². The van der Waals surface area contributed by atoms with Crippen LogP contribution in [0, 0.1) is 0 Å². The summed E-state index contributed by atoms with van der Waals surface area (Å²) in [6.45, 7) is 2.10. The fourth-order valence-corrected chi connectivity index (χ4v) is 2.33. The lowest BCUT2D eigenvalue weighted by atomic mass is 10.00. The van der Waals surface area contributed by atoms with Gasteiger partial charge in [0, 0.05) is 12.6 Å². The van der Waals surface area contributed by atoms with E-state index in [4.69, 9.17) is 0 Å². The first-order valence-electron chi connectivity index (χ1n) is 6.30. The van der Waals surface area contributed by atoms with Gasteiger partial charge in [0.25, 0.3) is 5.91 Å². The number of rotatable bonds is 4. The molecule has 0 bridgehead atoms. The van der Waals surface area contributed by atoms with Crippen LogP contribution in [0.2, 0.25) is 0 Å². The minimum absolute atomic E-state index is 0.143. The molecule has 0 unspecified atom stereocenters. The maximum Gasteiger partial charge on any atom is 0.255 e. The van der Waals surface area contributed by atoms with Crippen LogP contribution in [0.15, 0.2) is 29.8 Å². The van der Waals surface area contributed by atoms with Crippen LogP contribution >= 0.6 is 0 Å². The maximum atomic E-state index is 12.3. The lowest BCUT2D eigenvalue weighted by Crippen LogP contribution is -2.23. The second-order valence-corrected chi connectivity index (χ2v) is 4.41. The molecule has 0 saturated carbocycles. The van der Waals surface area contributed by atoms with Gasteiger partial charge in [-0.05, 0) is 24.0 Å². The van der Waals surface area contributed by atoms with E-state index in [1.54, 1.807) is 13.1 Å². The molecule has 18 heavy (non-hydrogen) atoms. The highest BCUT2D eigenvalue weighted by molar-refractivity contribution is 6.34. The summed E-state index contributed by atoms with van der Waals surface area (Å²) in [6.07, 6.45) is 2.81. The van der Waals surface area contributed by atoms with Crippen LogP contribution in [-0.4, -0.2) is 18.7 Å². The van der Waals surface area contributed by atoms with Crippen LogP contribution < -0.4 is 5.32 Å². The van der Waals surface area contributed by atoms with Crippen LogP contribution in [0.3, 0.4) is 0 Å². The largest absolute Gasteiger partial charge is 0.355 e. The highest BCUT2D eigenvalue weighted by Crippen LogP contribution is 2.35. The predicted molar refractivity (Wildman–Crippen MR) is 71.3 cm³/mol. The summed E-state index contributed by atoms with van der Waals surface area (Å²) in [5.41, 5.74) is 2.81. The maximum absolute atomic E-state index is 12.3. The fourth-order valence-electron chi connectivity index (χ4n) is 2.33. The number of benzene rings is 1. The van der Waals surface area contributed by atoms with Crippen LogP contribution in [0.5, 0.6) is 0 Å². The van der Waals surface area contributed by atoms with Crippen molar-refractivity contribution in [3.05, 3.63) is 41.0 Å². The molecule has 1 aromatic rings. The highest BCUT2D eigenvalue weighted by Gasteiger charge is 2.32. The van der Waals surface area contributed by atoms with E-state index in [-0.39, 0.29) is 11.7 Å². The van der Waals surface area contributed by atoms with E-state index in [1.165, 1.54) is 0 Å². The first-order chi connectivity index (χ1) is 8.70. The van der Waals surface area contributed by atoms with E-state index >= 15 is 0 Å². The molecule has 0 spiro atoms. The molecule has 1 amide bonds. The lowest BCUT2D eigenvalue weighted by molar-refractivity contribution is -0.116. The molecule has 1 N–H and O–H groups in total. The van der Waals surface area contributed by atoms with Gasteiger partial charge in [-0.1, -0.05) is 37.6 Å². The van der Waals surface area contributed by atoms with Gasteiger partial charge in [0.2, 0.25) is 0 Å². The van der Waals surface area contributed by atoms with E-state index < -0.39 is 0 Å². The van der Waals surface area contributed by atoms with Gasteiger partial charge in [0.15, 0.2) is 5.78 Å². The number of hydrogen-bond donors (Lipinski definition) is 1. The third-order valence-electron chi connectivity index (χ3n) is 3.26. The SMILES string of the molecule is CCCCC1=C(C(=O)NC)C(=O)c2ccccc21. The Labute approximate surface area is 107 Å². The average Bonchev–Trinajstić information content (AvgIpc) is 2.69. The second kappa shape index (κ2) is 5.17. The van der Waals surface area contributed by atoms with Crippen LogP contribution in [-0.2, 0) is 4.79 Å². The number of allylic oxidation sites excluding steroid dienone is 1. The predicted octanol–water partition coefficient (Wildman–Crippen LogP) is 2.57. The van der Waals surface area contributed by atoms with Crippen molar-refractivity contribution in [2.24, 2.45) is 0 Å². The molecule has 0 heterocycles. The summed E-state index contributed by atoms with van der Waals surface area (Å²) in [7, 11) is 1.56.